The third-order valence-electron chi connectivity index (χ3n) is 3.94. The molecule has 0 saturated heterocycles. The molecule has 0 amide bonds. The maximum absolute atomic E-state index is 12.0. The van der Waals surface area contributed by atoms with Crippen LogP contribution in [0.3, 0.4) is 0 Å². The number of rotatable bonds is 5. The zero-order chi connectivity index (χ0) is 18.7. The van der Waals surface area contributed by atoms with Gasteiger partial charge in [-0.3, -0.25) is 4.79 Å². The van der Waals surface area contributed by atoms with E-state index < -0.39 is 0 Å². The van der Waals surface area contributed by atoms with Crippen molar-refractivity contribution in [2.75, 3.05) is 7.11 Å². The van der Waals surface area contributed by atoms with Gasteiger partial charge in [0.15, 0.2) is 17.3 Å². The topological polar surface area (TPSA) is 84.6 Å². The van der Waals surface area contributed by atoms with Gasteiger partial charge in [0, 0.05) is 13.1 Å². The number of aromatic nitrogens is 2. The number of allylic oxidation sites excluding steroid dienone is 2. The summed E-state index contributed by atoms with van der Waals surface area (Å²) in [6.07, 6.45) is 6.06. The van der Waals surface area contributed by atoms with Crippen molar-refractivity contribution in [1.29, 1.82) is 0 Å². The van der Waals surface area contributed by atoms with Gasteiger partial charge in [0.05, 0.1) is 18.1 Å². The molecule has 0 aliphatic rings. The lowest BCUT2D eigenvalue weighted by Crippen LogP contribution is -1.92. The highest BCUT2D eigenvalue weighted by Gasteiger charge is 2.06. The van der Waals surface area contributed by atoms with Crippen LogP contribution in [0.5, 0.6) is 17.2 Å². The van der Waals surface area contributed by atoms with Crippen molar-refractivity contribution in [3.8, 4) is 17.2 Å². The molecule has 0 aliphatic carbocycles. The van der Waals surface area contributed by atoms with E-state index >= 15 is 0 Å². The predicted molar refractivity (Wildman–Crippen MR) is 100 cm³/mol. The van der Waals surface area contributed by atoms with Gasteiger partial charge < -0.3 is 19.5 Å². The minimum atomic E-state index is -0.213. The Morgan fingerprint density at radius 2 is 1.88 bits per heavy atom. The Balaban J connectivity index is 1.75. The van der Waals surface area contributed by atoms with E-state index in [0.717, 1.165) is 5.52 Å². The van der Waals surface area contributed by atoms with Crippen LogP contribution in [0, 0.1) is 0 Å². The number of benzene rings is 2. The van der Waals surface area contributed by atoms with Crippen LogP contribution in [0.4, 0.5) is 0 Å². The lowest BCUT2D eigenvalue weighted by molar-refractivity contribution is -0.110. The largest absolute Gasteiger partial charge is 0.508 e. The first-order valence-corrected chi connectivity index (χ1v) is 7.90. The van der Waals surface area contributed by atoms with E-state index in [-0.39, 0.29) is 17.3 Å². The third kappa shape index (κ3) is 3.59. The molecule has 0 spiro atoms. The number of hydrogen-bond donors (Lipinski definition) is 2. The molecule has 2 N–H and O–H groups in total. The Morgan fingerprint density at radius 1 is 1.12 bits per heavy atom. The molecule has 0 aliphatic heterocycles. The molecule has 1 aromatic heterocycles. The molecule has 26 heavy (non-hydrogen) atoms. The molecule has 132 valence electrons. The van der Waals surface area contributed by atoms with Gasteiger partial charge >= 0.3 is 0 Å². The van der Waals surface area contributed by atoms with Crippen LogP contribution in [0.2, 0.25) is 0 Å². The first kappa shape index (κ1) is 17.3. The monoisotopic (exact) mass is 350 g/mol. The molecule has 0 saturated carbocycles. The smallest absolute Gasteiger partial charge is 0.178 e. The van der Waals surface area contributed by atoms with Crippen molar-refractivity contribution in [3.05, 3.63) is 59.9 Å². The van der Waals surface area contributed by atoms with Crippen LogP contribution >= 0.6 is 0 Å². The van der Waals surface area contributed by atoms with E-state index in [1.807, 2.05) is 11.6 Å². The molecule has 0 unspecified atom stereocenters. The lowest BCUT2D eigenvalue weighted by Gasteiger charge is -2.02. The summed E-state index contributed by atoms with van der Waals surface area (Å²) in [7, 11) is 3.31. The molecular weight excluding hydrogens is 332 g/mol. The highest BCUT2D eigenvalue weighted by molar-refractivity contribution is 6.04. The van der Waals surface area contributed by atoms with Crippen molar-refractivity contribution in [1.82, 2.24) is 9.55 Å². The van der Waals surface area contributed by atoms with E-state index in [0.29, 0.717) is 22.7 Å². The summed E-state index contributed by atoms with van der Waals surface area (Å²) in [6.45, 7) is 0. The van der Waals surface area contributed by atoms with Crippen molar-refractivity contribution < 1.29 is 19.7 Å². The SMILES string of the molecule is COc1ccc(/C=C/C(=O)/C=C/c2nc3cc(O)ccc3n2C)cc1O. The molecule has 1 heterocycles. The number of phenols is 2. The summed E-state index contributed by atoms with van der Waals surface area (Å²) in [6, 6.07) is 9.82. The number of aryl methyl sites for hydroxylation is 1. The Bertz CT molecular complexity index is 1030. The van der Waals surface area contributed by atoms with E-state index in [1.165, 1.54) is 25.3 Å². The van der Waals surface area contributed by atoms with Crippen LogP contribution in [0.25, 0.3) is 23.2 Å². The normalized spacial score (nSPS) is 11.6. The summed E-state index contributed by atoms with van der Waals surface area (Å²) < 4.78 is 6.82. The first-order valence-electron chi connectivity index (χ1n) is 7.90. The fourth-order valence-corrected chi connectivity index (χ4v) is 2.56. The predicted octanol–water partition coefficient (Wildman–Crippen LogP) is 3.29. The molecule has 0 atom stereocenters. The molecule has 3 rings (SSSR count). The van der Waals surface area contributed by atoms with E-state index in [2.05, 4.69) is 4.98 Å². The van der Waals surface area contributed by atoms with Crippen LogP contribution in [0.1, 0.15) is 11.4 Å². The second kappa shape index (κ2) is 7.14. The van der Waals surface area contributed by atoms with Gasteiger partial charge in [0.2, 0.25) is 0 Å². The summed E-state index contributed by atoms with van der Waals surface area (Å²) in [5.41, 5.74) is 2.20. The van der Waals surface area contributed by atoms with E-state index in [4.69, 9.17) is 4.74 Å². The van der Waals surface area contributed by atoms with Crippen molar-refractivity contribution in [2.24, 2.45) is 7.05 Å². The number of hydrogen-bond acceptors (Lipinski definition) is 5. The summed E-state index contributed by atoms with van der Waals surface area (Å²) >= 11 is 0. The van der Waals surface area contributed by atoms with Crippen LogP contribution in [0.15, 0.2) is 48.6 Å². The number of ketones is 1. The number of aromatic hydroxyl groups is 2. The summed E-state index contributed by atoms with van der Waals surface area (Å²) in [4.78, 5) is 16.4. The second-order valence-electron chi connectivity index (χ2n) is 5.70. The second-order valence-corrected chi connectivity index (χ2v) is 5.70. The Labute approximate surface area is 150 Å². The average Bonchev–Trinajstić information content (AvgIpc) is 2.93. The number of carbonyl (C=O) groups is 1. The molecule has 0 radical (unpaired) electrons. The van der Waals surface area contributed by atoms with Crippen LogP contribution < -0.4 is 4.74 Å². The van der Waals surface area contributed by atoms with Gasteiger partial charge in [-0.15, -0.1) is 0 Å². The highest BCUT2D eigenvalue weighted by atomic mass is 16.5. The van der Waals surface area contributed by atoms with Gasteiger partial charge in [-0.05, 0) is 48.1 Å². The van der Waals surface area contributed by atoms with Gasteiger partial charge in [-0.2, -0.15) is 0 Å². The molecule has 0 bridgehead atoms. The summed E-state index contributed by atoms with van der Waals surface area (Å²) in [5.74, 6) is 0.930. The molecule has 3 aromatic rings. The Morgan fingerprint density at radius 3 is 2.62 bits per heavy atom. The third-order valence-corrected chi connectivity index (χ3v) is 3.94. The van der Waals surface area contributed by atoms with Gasteiger partial charge in [0.25, 0.3) is 0 Å². The van der Waals surface area contributed by atoms with Gasteiger partial charge in [-0.1, -0.05) is 12.1 Å². The zero-order valence-corrected chi connectivity index (χ0v) is 14.4. The number of ether oxygens (including phenoxy) is 1. The Kier molecular flexibility index (Phi) is 4.75. The molecule has 6 heteroatoms. The quantitative estimate of drug-likeness (QED) is 0.690. The Hall–Kier alpha value is -3.54. The van der Waals surface area contributed by atoms with Crippen LogP contribution in [-0.2, 0) is 11.8 Å². The molecule has 2 aromatic carbocycles. The van der Waals surface area contributed by atoms with Crippen molar-refractivity contribution in [2.45, 2.75) is 0 Å². The standard InChI is InChI=1S/C20H18N2O4/c1-22-17-8-6-15(24)12-16(17)21-20(22)10-7-14(23)5-3-13-4-9-19(26-2)18(25)11-13/h3-12,24-25H,1-2H3/b5-3+,10-7+. The number of methoxy groups -OCH3 is 1. The number of imidazole rings is 1. The lowest BCUT2D eigenvalue weighted by atomic mass is 10.1. The fraction of sp³-hybridized carbons (Fsp3) is 0.100. The zero-order valence-electron chi connectivity index (χ0n) is 14.4. The molecule has 0 fully saturated rings. The highest BCUT2D eigenvalue weighted by Crippen LogP contribution is 2.26. The van der Waals surface area contributed by atoms with Crippen molar-refractivity contribution >= 4 is 29.0 Å². The summed E-state index contributed by atoms with van der Waals surface area (Å²) in [5, 5.41) is 19.3. The fourth-order valence-electron chi connectivity index (χ4n) is 2.56. The van der Waals surface area contributed by atoms with Crippen LogP contribution in [-0.4, -0.2) is 32.7 Å². The van der Waals surface area contributed by atoms with E-state index in [9.17, 15) is 15.0 Å². The first-order chi connectivity index (χ1) is 12.5. The van der Waals surface area contributed by atoms with Crippen molar-refractivity contribution in [3.63, 3.8) is 0 Å². The van der Waals surface area contributed by atoms with Gasteiger partial charge in [0.1, 0.15) is 11.6 Å². The molecular formula is C20H18N2O4. The van der Waals surface area contributed by atoms with E-state index in [1.54, 1.807) is 42.5 Å². The maximum atomic E-state index is 12.0. The number of carbonyl (C=O) groups excluding carboxylic acids is 1. The molecule has 6 nitrogen and oxygen atoms in total. The average molecular weight is 350 g/mol. The minimum Gasteiger partial charge on any atom is -0.508 e. The maximum Gasteiger partial charge on any atom is 0.178 e. The minimum absolute atomic E-state index is 0.0144. The number of phenolic OH excluding ortho intramolecular Hbond substituents is 2. The number of fused-ring (bicyclic) bond motifs is 1. The number of nitrogens with zero attached hydrogens (tertiary/aromatic N) is 2. The van der Waals surface area contributed by atoms with Gasteiger partial charge in [-0.25, -0.2) is 4.98 Å².